The van der Waals surface area contributed by atoms with Crippen molar-refractivity contribution in [3.63, 3.8) is 0 Å². The van der Waals surface area contributed by atoms with Crippen LogP contribution < -0.4 is 10.6 Å². The second-order valence-electron chi connectivity index (χ2n) is 5.71. The van der Waals surface area contributed by atoms with Gasteiger partial charge in [-0.3, -0.25) is 9.59 Å². The quantitative estimate of drug-likeness (QED) is 0.678. The molecule has 0 fully saturated rings. The number of aromatic nitrogens is 2. The minimum absolute atomic E-state index is 0.153. The molecular weight excluding hydrogens is 304 g/mol. The lowest BCUT2D eigenvalue weighted by Crippen LogP contribution is -2.31. The number of imidazole rings is 1. The maximum atomic E-state index is 11.2. The predicted molar refractivity (Wildman–Crippen MR) is 93.2 cm³/mol. The number of rotatable bonds is 6. The third-order valence-electron chi connectivity index (χ3n) is 3.84. The van der Waals surface area contributed by atoms with Crippen molar-refractivity contribution in [2.75, 3.05) is 18.5 Å². The second kappa shape index (κ2) is 6.54. The fourth-order valence-electron chi connectivity index (χ4n) is 2.77. The lowest BCUT2D eigenvalue weighted by Gasteiger charge is -2.20. The number of H-pyrrole nitrogens is 1. The molecule has 24 heavy (non-hydrogen) atoms. The van der Waals surface area contributed by atoms with Crippen molar-refractivity contribution >= 4 is 28.9 Å². The van der Waals surface area contributed by atoms with E-state index in [-0.39, 0.29) is 12.5 Å². The van der Waals surface area contributed by atoms with Crippen molar-refractivity contribution in [1.29, 1.82) is 0 Å². The molecule has 0 aliphatic carbocycles. The third kappa shape index (κ3) is 3.27. The summed E-state index contributed by atoms with van der Waals surface area (Å²) in [5, 5.41) is 0. The molecule has 3 aromatic rings. The van der Waals surface area contributed by atoms with Gasteiger partial charge in [0.2, 0.25) is 5.91 Å². The first-order valence-corrected chi connectivity index (χ1v) is 7.58. The van der Waals surface area contributed by atoms with Crippen LogP contribution in [0.4, 0.5) is 5.69 Å². The van der Waals surface area contributed by atoms with Gasteiger partial charge in [0.15, 0.2) is 0 Å². The number of primary amides is 1. The number of para-hydroxylation sites is 1. The van der Waals surface area contributed by atoms with Gasteiger partial charge in [-0.25, -0.2) is 4.98 Å². The Morgan fingerprint density at radius 2 is 2.08 bits per heavy atom. The normalized spacial score (nSPS) is 10.7. The number of benzene rings is 2. The van der Waals surface area contributed by atoms with E-state index in [1.807, 2.05) is 42.3 Å². The Morgan fingerprint density at radius 3 is 2.83 bits per heavy atom. The summed E-state index contributed by atoms with van der Waals surface area (Å²) in [6.07, 6.45) is 1.40. The highest BCUT2D eigenvalue weighted by Gasteiger charge is 2.11. The lowest BCUT2D eigenvalue weighted by molar-refractivity contribution is -0.116. The summed E-state index contributed by atoms with van der Waals surface area (Å²) in [6.45, 7) is 0.153. The van der Waals surface area contributed by atoms with E-state index in [1.54, 1.807) is 12.1 Å². The van der Waals surface area contributed by atoms with Gasteiger partial charge in [0.25, 0.3) is 0 Å². The average molecular weight is 322 g/mol. The van der Waals surface area contributed by atoms with Crippen LogP contribution in [-0.2, 0) is 11.2 Å². The van der Waals surface area contributed by atoms with Gasteiger partial charge >= 0.3 is 0 Å². The van der Waals surface area contributed by atoms with Crippen LogP contribution >= 0.6 is 0 Å². The molecule has 0 spiro atoms. The van der Waals surface area contributed by atoms with Crippen molar-refractivity contribution in [1.82, 2.24) is 9.97 Å². The summed E-state index contributed by atoms with van der Waals surface area (Å²) in [5.74, 6) is 0.422. The summed E-state index contributed by atoms with van der Waals surface area (Å²) in [7, 11) is 1.83. The molecule has 0 saturated carbocycles. The zero-order chi connectivity index (χ0) is 17.1. The van der Waals surface area contributed by atoms with E-state index in [9.17, 15) is 9.59 Å². The van der Waals surface area contributed by atoms with Gasteiger partial charge in [-0.05, 0) is 29.8 Å². The lowest BCUT2D eigenvalue weighted by atomic mass is 10.1. The van der Waals surface area contributed by atoms with Gasteiger partial charge in [-0.1, -0.05) is 18.2 Å². The van der Waals surface area contributed by atoms with Crippen LogP contribution in [0.25, 0.3) is 11.0 Å². The molecule has 1 aromatic heterocycles. The Hall–Kier alpha value is -3.15. The molecule has 6 nitrogen and oxygen atoms in total. The molecule has 0 aliphatic heterocycles. The summed E-state index contributed by atoms with van der Waals surface area (Å²) in [4.78, 5) is 31.7. The first-order valence-electron chi connectivity index (χ1n) is 7.58. The van der Waals surface area contributed by atoms with E-state index in [2.05, 4.69) is 9.97 Å². The number of carbonyl (C=O) groups excluding carboxylic acids is 2. The fourth-order valence-corrected chi connectivity index (χ4v) is 2.77. The average Bonchev–Trinajstić information content (AvgIpc) is 2.95. The number of likely N-dealkylation sites (N-methyl/N-ethyl adjacent to an activating group) is 1. The van der Waals surface area contributed by atoms with E-state index < -0.39 is 0 Å². The van der Waals surface area contributed by atoms with Crippen LogP contribution in [0, 0.1) is 0 Å². The highest BCUT2D eigenvalue weighted by molar-refractivity contribution is 5.85. The molecule has 3 N–H and O–H groups in total. The predicted octanol–water partition coefficient (Wildman–Crippen LogP) is 1.89. The first kappa shape index (κ1) is 15.7. The zero-order valence-electron chi connectivity index (χ0n) is 13.3. The second-order valence-corrected chi connectivity index (χ2v) is 5.71. The number of nitrogens with one attached hydrogen (secondary N) is 1. The number of amides is 1. The van der Waals surface area contributed by atoms with E-state index in [4.69, 9.17) is 5.73 Å². The van der Waals surface area contributed by atoms with Gasteiger partial charge < -0.3 is 15.6 Å². The largest absolute Gasteiger partial charge is 0.368 e. The summed E-state index contributed by atoms with van der Waals surface area (Å²) < 4.78 is 0. The number of nitrogens with two attached hydrogens (primary N) is 1. The van der Waals surface area contributed by atoms with E-state index >= 15 is 0 Å². The molecule has 1 amide bonds. The third-order valence-corrected chi connectivity index (χ3v) is 3.84. The molecular formula is C18H18N4O2. The Morgan fingerprint density at radius 1 is 1.29 bits per heavy atom. The van der Waals surface area contributed by atoms with Crippen LogP contribution in [0.1, 0.15) is 21.7 Å². The number of nitrogens with zero attached hydrogens (tertiary/aromatic N) is 2. The molecule has 0 saturated heterocycles. The van der Waals surface area contributed by atoms with Gasteiger partial charge in [-0.2, -0.15) is 0 Å². The molecule has 6 heteroatoms. The number of aldehydes is 1. The van der Waals surface area contributed by atoms with Gasteiger partial charge in [0.05, 0.1) is 17.6 Å². The summed E-state index contributed by atoms with van der Waals surface area (Å²) in [5.41, 5.74) is 9.52. The first-order chi connectivity index (χ1) is 11.6. The van der Waals surface area contributed by atoms with Crippen molar-refractivity contribution in [3.05, 3.63) is 59.4 Å². The van der Waals surface area contributed by atoms with E-state index in [0.717, 1.165) is 34.4 Å². The summed E-state index contributed by atoms with van der Waals surface area (Å²) in [6, 6.07) is 13.2. The maximum absolute atomic E-state index is 11.2. The smallest absolute Gasteiger partial charge is 0.236 e. The molecule has 0 unspecified atom stereocenters. The minimum Gasteiger partial charge on any atom is -0.368 e. The monoisotopic (exact) mass is 322 g/mol. The maximum Gasteiger partial charge on any atom is 0.236 e. The molecule has 2 aromatic carbocycles. The topological polar surface area (TPSA) is 92.1 Å². The van der Waals surface area contributed by atoms with E-state index in [1.165, 1.54) is 0 Å². The Kier molecular flexibility index (Phi) is 4.29. The molecule has 1 heterocycles. The molecule has 0 radical (unpaired) electrons. The molecule has 0 aliphatic rings. The minimum atomic E-state index is -0.377. The van der Waals surface area contributed by atoms with Crippen molar-refractivity contribution < 1.29 is 9.59 Å². The Labute approximate surface area is 139 Å². The summed E-state index contributed by atoms with van der Waals surface area (Å²) >= 11 is 0. The molecule has 0 bridgehead atoms. The number of carbonyl (C=O) groups is 2. The molecule has 3 rings (SSSR count). The Bertz CT molecular complexity index is 901. The van der Waals surface area contributed by atoms with Crippen LogP contribution in [0.15, 0.2) is 42.5 Å². The highest BCUT2D eigenvalue weighted by atomic mass is 16.1. The Balaban J connectivity index is 1.91. The number of anilines is 1. The van der Waals surface area contributed by atoms with Crippen molar-refractivity contribution in [2.24, 2.45) is 5.73 Å². The number of aromatic amines is 1. The SMILES string of the molecule is CN(CC(N)=O)c1ccccc1Cc1nc2ccc(C=O)cc2[nH]1. The van der Waals surface area contributed by atoms with E-state index in [0.29, 0.717) is 12.0 Å². The number of hydrogen-bond acceptors (Lipinski definition) is 4. The van der Waals surface area contributed by atoms with Gasteiger partial charge in [0.1, 0.15) is 12.1 Å². The molecule has 122 valence electrons. The molecule has 0 atom stereocenters. The standard InChI is InChI=1S/C18H18N4O2/c1-22(10-17(19)24)16-5-3-2-4-13(16)9-18-20-14-7-6-12(11-23)8-15(14)21-18/h2-8,11H,9-10H2,1H3,(H2,19,24)(H,20,21). The number of fused-ring (bicyclic) bond motifs is 1. The van der Waals surface area contributed by atoms with Crippen molar-refractivity contribution in [2.45, 2.75) is 6.42 Å². The van der Waals surface area contributed by atoms with Crippen LogP contribution in [0.3, 0.4) is 0 Å². The van der Waals surface area contributed by atoms with Gasteiger partial charge in [-0.15, -0.1) is 0 Å². The van der Waals surface area contributed by atoms with Crippen LogP contribution in [-0.4, -0.2) is 35.8 Å². The van der Waals surface area contributed by atoms with Crippen molar-refractivity contribution in [3.8, 4) is 0 Å². The van der Waals surface area contributed by atoms with Gasteiger partial charge in [0, 0.05) is 24.7 Å². The fraction of sp³-hybridized carbons (Fsp3) is 0.167. The number of hydrogen-bond donors (Lipinski definition) is 2. The highest BCUT2D eigenvalue weighted by Crippen LogP contribution is 2.22. The van der Waals surface area contributed by atoms with Crippen LogP contribution in [0.5, 0.6) is 0 Å². The van der Waals surface area contributed by atoms with Crippen LogP contribution in [0.2, 0.25) is 0 Å². The zero-order valence-corrected chi connectivity index (χ0v) is 13.3.